The lowest BCUT2D eigenvalue weighted by Crippen LogP contribution is -2.19. The van der Waals surface area contributed by atoms with E-state index in [0.29, 0.717) is 0 Å². The van der Waals surface area contributed by atoms with E-state index in [2.05, 4.69) is 4.74 Å². The number of benzene rings is 1. The van der Waals surface area contributed by atoms with Crippen LogP contribution in [-0.4, -0.2) is 6.36 Å². The Morgan fingerprint density at radius 3 is 2.31 bits per heavy atom. The largest absolute Gasteiger partial charge is 0.573 e. The topological polar surface area (TPSA) is 33.0 Å². The fraction of sp³-hybridized carbons (Fsp3) is 0.222. The van der Waals surface area contributed by atoms with E-state index in [-0.39, 0.29) is 0 Å². The zero-order valence-electron chi connectivity index (χ0n) is 7.55. The number of alkyl halides is 5. The van der Waals surface area contributed by atoms with Gasteiger partial charge >= 0.3 is 6.36 Å². The second-order valence-electron chi connectivity index (χ2n) is 2.68. The molecular formula is C9H4F5NO. The van der Waals surface area contributed by atoms with Gasteiger partial charge in [0.1, 0.15) is 6.07 Å². The smallest absolute Gasteiger partial charge is 0.404 e. The minimum Gasteiger partial charge on any atom is -0.404 e. The van der Waals surface area contributed by atoms with Crippen molar-refractivity contribution in [1.82, 2.24) is 0 Å². The van der Waals surface area contributed by atoms with Gasteiger partial charge in [0.25, 0.3) is 6.43 Å². The Bertz CT molecular complexity index is 421. The number of hydrogen-bond acceptors (Lipinski definition) is 2. The highest BCUT2D eigenvalue weighted by atomic mass is 19.4. The molecule has 0 heterocycles. The summed E-state index contributed by atoms with van der Waals surface area (Å²) in [6.07, 6.45) is -8.26. The van der Waals surface area contributed by atoms with Crippen LogP contribution in [0.4, 0.5) is 22.0 Å². The van der Waals surface area contributed by atoms with Crippen molar-refractivity contribution in [3.8, 4) is 11.8 Å². The Kier molecular flexibility index (Phi) is 3.32. The number of para-hydroxylation sites is 1. The van der Waals surface area contributed by atoms with Gasteiger partial charge in [0.15, 0.2) is 5.75 Å². The molecule has 0 aliphatic rings. The van der Waals surface area contributed by atoms with Gasteiger partial charge in [-0.15, -0.1) is 13.2 Å². The van der Waals surface area contributed by atoms with Crippen molar-refractivity contribution in [1.29, 1.82) is 5.26 Å². The molecule has 2 nitrogen and oxygen atoms in total. The molecule has 1 aromatic carbocycles. The average molecular weight is 237 g/mol. The molecule has 0 bridgehead atoms. The Balaban J connectivity index is 3.27. The van der Waals surface area contributed by atoms with Gasteiger partial charge in [0.05, 0.1) is 11.1 Å². The van der Waals surface area contributed by atoms with Crippen molar-refractivity contribution in [3.63, 3.8) is 0 Å². The van der Waals surface area contributed by atoms with Gasteiger partial charge in [-0.1, -0.05) is 6.07 Å². The summed E-state index contributed by atoms with van der Waals surface area (Å²) >= 11 is 0. The van der Waals surface area contributed by atoms with Crippen molar-refractivity contribution in [2.75, 3.05) is 0 Å². The van der Waals surface area contributed by atoms with Crippen molar-refractivity contribution >= 4 is 0 Å². The summed E-state index contributed by atoms with van der Waals surface area (Å²) in [6, 6.07) is 4.15. The first-order valence-corrected chi connectivity index (χ1v) is 3.92. The Morgan fingerprint density at radius 1 is 1.25 bits per heavy atom. The summed E-state index contributed by atoms with van der Waals surface area (Å²) in [5.41, 5.74) is -1.55. The lowest BCUT2D eigenvalue weighted by Gasteiger charge is -2.13. The van der Waals surface area contributed by atoms with Crippen LogP contribution in [0.15, 0.2) is 18.2 Å². The molecule has 0 fully saturated rings. The molecule has 0 saturated heterocycles. The lowest BCUT2D eigenvalue weighted by atomic mass is 10.1. The van der Waals surface area contributed by atoms with Gasteiger partial charge < -0.3 is 4.74 Å². The van der Waals surface area contributed by atoms with E-state index in [4.69, 9.17) is 5.26 Å². The van der Waals surface area contributed by atoms with Gasteiger partial charge in [-0.3, -0.25) is 0 Å². The molecular weight excluding hydrogens is 233 g/mol. The summed E-state index contributed by atoms with van der Waals surface area (Å²) < 4.78 is 63.9. The predicted octanol–water partition coefficient (Wildman–Crippen LogP) is 3.39. The normalized spacial score (nSPS) is 11.3. The molecule has 1 rings (SSSR count). The van der Waals surface area contributed by atoms with Crippen molar-refractivity contribution in [2.45, 2.75) is 12.8 Å². The molecule has 0 saturated carbocycles. The Hall–Kier alpha value is -1.84. The first-order valence-electron chi connectivity index (χ1n) is 3.92. The summed E-state index contributed by atoms with van der Waals surface area (Å²) in [4.78, 5) is 0. The molecule has 16 heavy (non-hydrogen) atoms. The zero-order valence-corrected chi connectivity index (χ0v) is 7.55. The molecule has 0 aliphatic heterocycles. The number of halogens is 5. The highest BCUT2D eigenvalue weighted by Crippen LogP contribution is 2.35. The van der Waals surface area contributed by atoms with Gasteiger partial charge in [-0.05, 0) is 12.1 Å². The number of nitriles is 1. The van der Waals surface area contributed by atoms with E-state index in [1.807, 2.05) is 0 Å². The molecule has 0 unspecified atom stereocenters. The van der Waals surface area contributed by atoms with E-state index in [0.717, 1.165) is 18.2 Å². The summed E-state index contributed by atoms with van der Waals surface area (Å²) in [7, 11) is 0. The van der Waals surface area contributed by atoms with Gasteiger partial charge in [0.2, 0.25) is 0 Å². The summed E-state index contributed by atoms with van der Waals surface area (Å²) in [6.45, 7) is 0. The van der Waals surface area contributed by atoms with Crippen molar-refractivity contribution < 1.29 is 26.7 Å². The SMILES string of the molecule is N#Cc1cccc(C(F)F)c1OC(F)(F)F. The number of nitrogens with zero attached hydrogens (tertiary/aromatic N) is 1. The van der Waals surface area contributed by atoms with Gasteiger partial charge in [-0.25, -0.2) is 8.78 Å². The maximum atomic E-state index is 12.4. The Morgan fingerprint density at radius 2 is 1.88 bits per heavy atom. The fourth-order valence-electron chi connectivity index (χ4n) is 1.04. The predicted molar refractivity (Wildman–Crippen MR) is 42.8 cm³/mol. The minimum absolute atomic E-state index is 0.588. The zero-order chi connectivity index (χ0) is 12.3. The molecule has 1 aromatic rings. The monoisotopic (exact) mass is 237 g/mol. The van der Waals surface area contributed by atoms with Gasteiger partial charge in [-0.2, -0.15) is 5.26 Å². The molecule has 0 radical (unpaired) electrons. The molecule has 0 spiro atoms. The minimum atomic E-state index is -5.11. The quantitative estimate of drug-likeness (QED) is 0.738. The van der Waals surface area contributed by atoms with E-state index in [9.17, 15) is 22.0 Å². The lowest BCUT2D eigenvalue weighted by molar-refractivity contribution is -0.275. The number of rotatable bonds is 2. The van der Waals surface area contributed by atoms with Crippen LogP contribution < -0.4 is 4.74 Å². The first-order chi connectivity index (χ1) is 7.35. The molecule has 0 amide bonds. The fourth-order valence-corrected chi connectivity index (χ4v) is 1.04. The van der Waals surface area contributed by atoms with Crippen molar-refractivity contribution in [3.05, 3.63) is 29.3 Å². The second-order valence-corrected chi connectivity index (χ2v) is 2.68. The average Bonchev–Trinajstić information content (AvgIpc) is 2.15. The highest BCUT2D eigenvalue weighted by Gasteiger charge is 2.34. The maximum Gasteiger partial charge on any atom is 0.573 e. The molecule has 7 heteroatoms. The third kappa shape index (κ3) is 2.82. The van der Waals surface area contributed by atoms with Crippen LogP contribution in [0.2, 0.25) is 0 Å². The molecule has 0 aromatic heterocycles. The number of hydrogen-bond donors (Lipinski definition) is 0. The van der Waals surface area contributed by atoms with Crippen LogP contribution >= 0.6 is 0 Å². The van der Waals surface area contributed by atoms with Gasteiger partial charge in [0, 0.05) is 0 Å². The second kappa shape index (κ2) is 4.35. The van der Waals surface area contributed by atoms with Crippen LogP contribution in [0.1, 0.15) is 17.6 Å². The highest BCUT2D eigenvalue weighted by molar-refractivity contribution is 5.49. The van der Waals surface area contributed by atoms with E-state index < -0.39 is 29.7 Å². The third-order valence-electron chi connectivity index (χ3n) is 1.62. The maximum absolute atomic E-state index is 12.4. The third-order valence-corrected chi connectivity index (χ3v) is 1.62. The van der Waals surface area contributed by atoms with E-state index in [1.54, 1.807) is 0 Å². The summed E-state index contributed by atoms with van der Waals surface area (Å²) in [5.74, 6) is -1.15. The molecule has 0 aliphatic carbocycles. The summed E-state index contributed by atoms with van der Waals surface area (Å²) in [5, 5.41) is 8.48. The Labute approximate surface area is 86.9 Å². The van der Waals surface area contributed by atoms with Crippen molar-refractivity contribution in [2.24, 2.45) is 0 Å². The van der Waals surface area contributed by atoms with Crippen LogP contribution in [0.25, 0.3) is 0 Å². The van der Waals surface area contributed by atoms with Crippen LogP contribution in [0.3, 0.4) is 0 Å². The molecule has 86 valence electrons. The molecule has 0 atom stereocenters. The number of ether oxygens (including phenoxy) is 1. The first kappa shape index (κ1) is 12.2. The standard InChI is InChI=1S/C9H4F5NO/c10-8(11)6-3-1-2-5(4-15)7(6)16-9(12,13)14/h1-3,8H. The van der Waals surface area contributed by atoms with E-state index in [1.165, 1.54) is 6.07 Å². The van der Waals surface area contributed by atoms with Crippen LogP contribution in [0, 0.1) is 11.3 Å². The molecule has 0 N–H and O–H groups in total. The van der Waals surface area contributed by atoms with Crippen LogP contribution in [-0.2, 0) is 0 Å². The van der Waals surface area contributed by atoms with Crippen LogP contribution in [0.5, 0.6) is 5.75 Å². The van der Waals surface area contributed by atoms with E-state index >= 15 is 0 Å².